The van der Waals surface area contributed by atoms with Crippen molar-refractivity contribution in [2.45, 2.75) is 69.6 Å². The average Bonchev–Trinajstić information content (AvgIpc) is 3.12. The molecule has 1 aliphatic carbocycles. The summed E-state index contributed by atoms with van der Waals surface area (Å²) in [4.78, 5) is 78.4. The van der Waals surface area contributed by atoms with Gasteiger partial charge in [0, 0.05) is 38.4 Å². The molecule has 11 N–H and O–H groups in total. The third kappa shape index (κ3) is 24.1. The van der Waals surface area contributed by atoms with Crippen molar-refractivity contribution < 1.29 is 57.2 Å². The van der Waals surface area contributed by atoms with E-state index in [4.69, 9.17) is 36.4 Å². The van der Waals surface area contributed by atoms with Crippen LogP contribution in [0.5, 0.6) is 0 Å². The number of nitrogens with one attached hydrogen (secondary N) is 5. The molecule has 1 fully saturated rings. The normalized spacial score (nSPS) is 17.4. The Balaban J connectivity index is 2.82. The molecule has 0 saturated heterocycles. The van der Waals surface area contributed by atoms with Crippen LogP contribution in [-0.4, -0.2) is 133 Å². The molecule has 0 bridgehead atoms. The van der Waals surface area contributed by atoms with E-state index in [1.54, 1.807) is 0 Å². The van der Waals surface area contributed by atoms with E-state index in [0.29, 0.717) is 25.7 Å². The molecule has 1 rings (SSSR count). The third-order valence-electron chi connectivity index (χ3n) is 7.65. The Morgan fingerprint density at radius 1 is 0.635 bits per heavy atom. The van der Waals surface area contributed by atoms with E-state index in [0.717, 1.165) is 0 Å². The summed E-state index contributed by atoms with van der Waals surface area (Å²) in [6.45, 7) is 4.28. The highest BCUT2D eigenvalue weighted by Crippen LogP contribution is 2.42. The molecule has 22 heteroatoms. The van der Waals surface area contributed by atoms with Gasteiger partial charge in [-0.2, -0.15) is 0 Å². The van der Waals surface area contributed by atoms with Gasteiger partial charge in [-0.1, -0.05) is 0 Å². The quantitative estimate of drug-likeness (QED) is 0.0160. The average molecular weight is 787 g/mol. The molecule has 52 heavy (non-hydrogen) atoms. The number of ether oxygens (including phenoxy) is 3. The van der Waals surface area contributed by atoms with E-state index in [9.17, 15) is 24.0 Å². The van der Waals surface area contributed by atoms with Crippen LogP contribution in [-0.2, 0) is 57.2 Å². The summed E-state index contributed by atoms with van der Waals surface area (Å²) in [5.74, 6) is 12.4. The molecular formula is C30H59N8O12PS. The van der Waals surface area contributed by atoms with Gasteiger partial charge in [-0.05, 0) is 45.2 Å². The summed E-state index contributed by atoms with van der Waals surface area (Å²) < 4.78 is 21.7. The third-order valence-corrected chi connectivity index (χ3v) is 8.53. The molecule has 3 atom stereocenters. The Bertz CT molecular complexity index is 1020. The number of rotatable bonds is 31. The van der Waals surface area contributed by atoms with Crippen molar-refractivity contribution in [3.05, 3.63) is 0 Å². The first-order valence-electron chi connectivity index (χ1n) is 17.3. The predicted molar refractivity (Wildman–Crippen MR) is 193 cm³/mol. The van der Waals surface area contributed by atoms with Crippen LogP contribution in [0, 0.1) is 5.92 Å². The highest BCUT2D eigenvalue weighted by molar-refractivity contribution is 8.43. The van der Waals surface area contributed by atoms with Crippen LogP contribution in [0.1, 0.15) is 51.4 Å². The number of thiol groups is 1. The van der Waals surface area contributed by atoms with Crippen LogP contribution in [0.15, 0.2) is 0 Å². The minimum atomic E-state index is -1.07. The Kier molecular flexibility index (Phi) is 28.6. The molecule has 0 aromatic rings. The zero-order valence-corrected chi connectivity index (χ0v) is 31.8. The molecule has 0 aromatic heterocycles. The van der Waals surface area contributed by atoms with Crippen LogP contribution < -0.4 is 44.3 Å². The summed E-state index contributed by atoms with van der Waals surface area (Å²) in [5, 5.41) is 13.6. The lowest BCUT2D eigenvalue weighted by atomic mass is 9.86. The zero-order chi connectivity index (χ0) is 38.4. The fourth-order valence-corrected chi connectivity index (χ4v) is 6.05. The number of amides is 5. The first-order valence-corrected chi connectivity index (χ1v) is 20.2. The van der Waals surface area contributed by atoms with Crippen molar-refractivity contribution in [1.82, 2.24) is 26.6 Å². The highest BCUT2D eigenvalue weighted by Gasteiger charge is 2.31. The van der Waals surface area contributed by atoms with Gasteiger partial charge >= 0.3 is 0 Å². The molecule has 0 aliphatic heterocycles. The number of carbonyl (C=O) groups is 5. The standard InChI is InChI=1S/C30H59N8O12PS/c1-51(52)50-23-4-2-22(3-5-23)28(41)38-25(30(43)36-12-15-46-18-21-49-33)7-9-27(40)37-24(29(42)35-11-14-45-17-20-48-32)6-8-26(39)34-10-13-44-16-19-47-31/h22-25,52H,2-21,31-33H2,1H3,(H,34,39)(H,35,42)(H,36,43)(H,37,40)(H,38,41)/t22-,23+,24?,25?,51?. The Morgan fingerprint density at radius 2 is 1.08 bits per heavy atom. The van der Waals surface area contributed by atoms with E-state index in [-0.39, 0.29) is 129 Å². The lowest BCUT2D eigenvalue weighted by molar-refractivity contribution is -0.133. The van der Waals surface area contributed by atoms with Gasteiger partial charge in [-0.15, -0.1) is 12.2 Å². The molecule has 0 aromatic carbocycles. The molecule has 0 spiro atoms. The topological polar surface area (TPSA) is 288 Å². The SMILES string of the molecule is CP(S)O[C@H]1CC[C@@H](C(=O)NC(CCC(=O)NC(CCC(=O)NCCOCCON)C(=O)NCCOCCON)C(=O)NCCOCCON)CC1. The van der Waals surface area contributed by atoms with Gasteiger partial charge in [-0.25, -0.2) is 17.7 Å². The largest absolute Gasteiger partial charge is 0.377 e. The summed E-state index contributed by atoms with van der Waals surface area (Å²) in [7, 11) is -0.817. The number of carbonyl (C=O) groups excluding carboxylic acids is 5. The van der Waals surface area contributed by atoms with Crippen molar-refractivity contribution in [3.63, 3.8) is 0 Å². The lowest BCUT2D eigenvalue weighted by Gasteiger charge is -2.29. The summed E-state index contributed by atoms with van der Waals surface area (Å²) in [6.07, 6.45) is 2.27. The maximum Gasteiger partial charge on any atom is 0.242 e. The van der Waals surface area contributed by atoms with Gasteiger partial charge in [-0.3, -0.25) is 24.0 Å². The van der Waals surface area contributed by atoms with Crippen molar-refractivity contribution in [1.29, 1.82) is 0 Å². The van der Waals surface area contributed by atoms with E-state index in [2.05, 4.69) is 53.3 Å². The van der Waals surface area contributed by atoms with Gasteiger partial charge in [0.1, 0.15) is 12.1 Å². The van der Waals surface area contributed by atoms with Gasteiger partial charge in [0.2, 0.25) is 29.5 Å². The second kappa shape index (κ2) is 31.1. The van der Waals surface area contributed by atoms with Crippen molar-refractivity contribution in [3.8, 4) is 0 Å². The smallest absolute Gasteiger partial charge is 0.242 e. The minimum Gasteiger partial charge on any atom is -0.377 e. The predicted octanol–water partition coefficient (Wildman–Crippen LogP) is -1.97. The number of hydrogen-bond donors (Lipinski definition) is 9. The monoisotopic (exact) mass is 786 g/mol. The fourth-order valence-electron chi connectivity index (χ4n) is 5.01. The number of hydrogen-bond acceptors (Lipinski definition) is 16. The Morgan fingerprint density at radius 3 is 1.54 bits per heavy atom. The Labute approximate surface area is 311 Å². The van der Waals surface area contributed by atoms with Gasteiger partial charge in [0.25, 0.3) is 0 Å². The van der Waals surface area contributed by atoms with Crippen LogP contribution in [0.2, 0.25) is 0 Å². The second-order valence-corrected chi connectivity index (χ2v) is 14.5. The number of nitrogens with two attached hydrogens (primary N) is 3. The van der Waals surface area contributed by atoms with Crippen LogP contribution in [0.25, 0.3) is 0 Å². The van der Waals surface area contributed by atoms with Gasteiger partial charge < -0.3 is 59.8 Å². The van der Waals surface area contributed by atoms with Crippen LogP contribution in [0.3, 0.4) is 0 Å². The molecule has 20 nitrogen and oxygen atoms in total. The van der Waals surface area contributed by atoms with Crippen LogP contribution >= 0.6 is 19.6 Å². The minimum absolute atomic E-state index is 0.0114. The first kappa shape index (κ1) is 47.8. The van der Waals surface area contributed by atoms with Crippen LogP contribution in [0.4, 0.5) is 0 Å². The molecule has 0 heterocycles. The van der Waals surface area contributed by atoms with Crippen molar-refractivity contribution in [2.24, 2.45) is 23.6 Å². The first-order chi connectivity index (χ1) is 25.1. The fraction of sp³-hybridized carbons (Fsp3) is 0.833. The van der Waals surface area contributed by atoms with Gasteiger partial charge in [0.15, 0.2) is 0 Å². The summed E-state index contributed by atoms with van der Waals surface area (Å²) in [6, 6.07) is -2.11. The molecule has 3 unspecified atom stereocenters. The van der Waals surface area contributed by atoms with Crippen molar-refractivity contribution >= 4 is 49.1 Å². The lowest BCUT2D eigenvalue weighted by Crippen LogP contribution is -2.51. The zero-order valence-electron chi connectivity index (χ0n) is 30.0. The van der Waals surface area contributed by atoms with E-state index in [1.165, 1.54) is 0 Å². The highest BCUT2D eigenvalue weighted by atomic mass is 32.7. The van der Waals surface area contributed by atoms with E-state index >= 15 is 0 Å². The molecular weight excluding hydrogens is 727 g/mol. The van der Waals surface area contributed by atoms with Crippen molar-refractivity contribution in [2.75, 3.05) is 85.8 Å². The summed E-state index contributed by atoms with van der Waals surface area (Å²) in [5.41, 5.74) is 0. The van der Waals surface area contributed by atoms with E-state index < -0.39 is 37.2 Å². The van der Waals surface area contributed by atoms with Gasteiger partial charge in [0.05, 0.1) is 72.9 Å². The van der Waals surface area contributed by atoms with E-state index in [1.807, 2.05) is 6.66 Å². The molecule has 1 aliphatic rings. The maximum atomic E-state index is 13.2. The molecule has 5 amide bonds. The molecule has 1 saturated carbocycles. The molecule has 0 radical (unpaired) electrons. The summed E-state index contributed by atoms with van der Waals surface area (Å²) >= 11 is 4.34. The molecule has 302 valence electrons. The Hall–Kier alpha value is -2.27. The maximum absolute atomic E-state index is 13.2. The second-order valence-electron chi connectivity index (χ2n) is 11.7.